The molecule has 40 heavy (non-hydrogen) atoms. The first-order chi connectivity index (χ1) is 19.1. The van der Waals surface area contributed by atoms with Crippen LogP contribution in [0.4, 0.5) is 14.5 Å². The summed E-state index contributed by atoms with van der Waals surface area (Å²) in [7, 11) is -1.49. The maximum Gasteiger partial charge on any atom is 0.229 e. The third-order valence-corrected chi connectivity index (χ3v) is 7.75. The van der Waals surface area contributed by atoms with Crippen molar-refractivity contribution < 1.29 is 17.2 Å². The van der Waals surface area contributed by atoms with Gasteiger partial charge in [0.25, 0.3) is 0 Å². The van der Waals surface area contributed by atoms with Gasteiger partial charge in [-0.25, -0.2) is 21.7 Å². The molecular weight excluding hydrogens is 536 g/mol. The number of aromatic nitrogens is 5. The number of pyridine rings is 2. The molecule has 0 radical (unpaired) electrons. The topological polar surface area (TPSA) is 97.4 Å². The minimum Gasteiger partial charge on any atom is -0.306 e. The van der Waals surface area contributed by atoms with Gasteiger partial charge in [-0.05, 0) is 62.8 Å². The van der Waals surface area contributed by atoms with Gasteiger partial charge in [0.15, 0.2) is 5.82 Å². The van der Waals surface area contributed by atoms with E-state index in [1.54, 1.807) is 22.8 Å². The molecule has 1 aliphatic heterocycles. The van der Waals surface area contributed by atoms with E-state index < -0.39 is 21.7 Å². The molecule has 206 valence electrons. The molecule has 1 N–H and O–H groups in total. The van der Waals surface area contributed by atoms with E-state index >= 15 is 0 Å². The number of benzene rings is 1. The van der Waals surface area contributed by atoms with Gasteiger partial charge in [0, 0.05) is 46.4 Å². The van der Waals surface area contributed by atoms with Gasteiger partial charge in [-0.1, -0.05) is 6.07 Å². The number of hydrogen-bond acceptors (Lipinski definition) is 6. The number of fused-ring (bicyclic) bond motifs is 1. The van der Waals surface area contributed by atoms with Crippen molar-refractivity contribution in [3.63, 3.8) is 0 Å². The standard InChI is InChI=1S/C28H27F2N7O2S/c1-35-7-5-24(6-8-35)36-17-21(13-32-36)18-3-4-27-25(15-33-37(27)16-18)19-9-20(11-23(10-19)34-40(2,38)39)28-26(30)12-22(29)14-31-28/h3-4,9-17,24,34H,5-8H2,1-2H3. The van der Waals surface area contributed by atoms with E-state index in [1.165, 1.54) is 6.07 Å². The van der Waals surface area contributed by atoms with Crippen LogP contribution in [0, 0.1) is 11.6 Å². The molecule has 0 amide bonds. The second kappa shape index (κ2) is 10.1. The lowest BCUT2D eigenvalue weighted by Crippen LogP contribution is -2.31. The predicted molar refractivity (Wildman–Crippen MR) is 149 cm³/mol. The van der Waals surface area contributed by atoms with Crippen LogP contribution in [0.25, 0.3) is 39.0 Å². The third-order valence-electron chi connectivity index (χ3n) is 7.14. The minimum absolute atomic E-state index is 0.0971. The van der Waals surface area contributed by atoms with Gasteiger partial charge < -0.3 is 4.90 Å². The lowest BCUT2D eigenvalue weighted by molar-refractivity contribution is 0.212. The number of piperidine rings is 1. The summed E-state index contributed by atoms with van der Waals surface area (Å²) in [6, 6.07) is 9.81. The van der Waals surface area contributed by atoms with Crippen molar-refractivity contribution in [1.82, 2.24) is 29.3 Å². The van der Waals surface area contributed by atoms with Gasteiger partial charge in [-0.2, -0.15) is 10.2 Å². The van der Waals surface area contributed by atoms with Crippen LogP contribution < -0.4 is 4.72 Å². The van der Waals surface area contributed by atoms with Gasteiger partial charge in [-0.15, -0.1) is 0 Å². The summed E-state index contributed by atoms with van der Waals surface area (Å²) in [6.45, 7) is 2.10. The lowest BCUT2D eigenvalue weighted by Gasteiger charge is -2.28. The van der Waals surface area contributed by atoms with Crippen LogP contribution in [0.2, 0.25) is 0 Å². The summed E-state index contributed by atoms with van der Waals surface area (Å²) in [6.07, 6.45) is 11.6. The zero-order chi connectivity index (χ0) is 28.0. The Morgan fingerprint density at radius 3 is 2.42 bits per heavy atom. The number of anilines is 1. The normalized spacial score (nSPS) is 15.1. The molecule has 1 aromatic carbocycles. The van der Waals surface area contributed by atoms with Gasteiger partial charge >= 0.3 is 0 Å². The van der Waals surface area contributed by atoms with Crippen LogP contribution >= 0.6 is 0 Å². The minimum atomic E-state index is -3.62. The van der Waals surface area contributed by atoms with Crippen molar-refractivity contribution >= 4 is 21.2 Å². The molecular formula is C28H27F2N7O2S. The fourth-order valence-electron chi connectivity index (χ4n) is 5.14. The molecule has 5 heterocycles. The highest BCUT2D eigenvalue weighted by molar-refractivity contribution is 7.92. The fraction of sp³-hybridized carbons (Fsp3) is 0.250. The van der Waals surface area contributed by atoms with Gasteiger partial charge in [-0.3, -0.25) is 14.4 Å². The van der Waals surface area contributed by atoms with E-state index in [0.717, 1.165) is 61.1 Å². The van der Waals surface area contributed by atoms with Crippen LogP contribution in [0.5, 0.6) is 0 Å². The second-order valence-corrected chi connectivity index (χ2v) is 12.0. The SMILES string of the molecule is CN1CCC(n2cc(-c3ccc4c(-c5cc(NS(C)(=O)=O)cc(-c6ncc(F)cc6F)c5)cnn4c3)cn2)CC1. The Hall–Kier alpha value is -4.16. The zero-order valence-electron chi connectivity index (χ0n) is 21.9. The molecule has 12 heteroatoms. The quantitative estimate of drug-likeness (QED) is 0.318. The van der Waals surface area contributed by atoms with Crippen molar-refractivity contribution in [2.75, 3.05) is 31.1 Å². The molecule has 9 nitrogen and oxygen atoms in total. The van der Waals surface area contributed by atoms with E-state index in [4.69, 9.17) is 0 Å². The first kappa shape index (κ1) is 26.1. The molecule has 0 unspecified atom stereocenters. The number of nitrogens with zero attached hydrogens (tertiary/aromatic N) is 6. The Bertz CT molecular complexity index is 1830. The molecule has 0 aliphatic carbocycles. The summed E-state index contributed by atoms with van der Waals surface area (Å²) in [5.41, 5.74) is 4.41. The van der Waals surface area contributed by atoms with Crippen molar-refractivity contribution in [3.05, 3.63) is 79.0 Å². The number of hydrogen-bond donors (Lipinski definition) is 1. The van der Waals surface area contributed by atoms with Crippen LogP contribution in [0.3, 0.4) is 0 Å². The summed E-state index contributed by atoms with van der Waals surface area (Å²) in [5, 5.41) is 9.14. The molecule has 1 fully saturated rings. The van der Waals surface area contributed by atoms with Gasteiger partial charge in [0.2, 0.25) is 10.0 Å². The largest absolute Gasteiger partial charge is 0.306 e. The average molecular weight is 564 g/mol. The van der Waals surface area contributed by atoms with Crippen LogP contribution in [-0.2, 0) is 10.0 Å². The lowest BCUT2D eigenvalue weighted by atomic mass is 10.0. The van der Waals surface area contributed by atoms with Gasteiger partial charge in [0.1, 0.15) is 11.5 Å². The Kier molecular flexibility index (Phi) is 6.59. The van der Waals surface area contributed by atoms with Crippen molar-refractivity contribution in [1.29, 1.82) is 0 Å². The van der Waals surface area contributed by atoms with Gasteiger partial charge in [0.05, 0.1) is 36.4 Å². The highest BCUT2D eigenvalue weighted by Crippen LogP contribution is 2.34. The Morgan fingerprint density at radius 2 is 1.68 bits per heavy atom. The maximum absolute atomic E-state index is 14.6. The van der Waals surface area contributed by atoms with Crippen LogP contribution in [0.15, 0.2) is 67.4 Å². The highest BCUT2D eigenvalue weighted by atomic mass is 32.2. The van der Waals surface area contributed by atoms with Crippen molar-refractivity contribution in [2.24, 2.45) is 0 Å². The molecule has 0 spiro atoms. The van der Waals surface area contributed by atoms with E-state index in [-0.39, 0.29) is 11.4 Å². The Balaban J connectivity index is 1.37. The first-order valence-corrected chi connectivity index (χ1v) is 14.7. The van der Waals surface area contributed by atoms with E-state index in [2.05, 4.69) is 38.0 Å². The first-order valence-electron chi connectivity index (χ1n) is 12.8. The number of halogens is 2. The molecule has 0 atom stereocenters. The predicted octanol–water partition coefficient (Wildman–Crippen LogP) is 4.84. The summed E-state index contributed by atoms with van der Waals surface area (Å²) in [4.78, 5) is 6.22. The molecule has 5 aromatic rings. The van der Waals surface area contributed by atoms with E-state index in [0.29, 0.717) is 22.7 Å². The zero-order valence-corrected chi connectivity index (χ0v) is 22.7. The summed E-state index contributed by atoms with van der Waals surface area (Å²) in [5.74, 6) is -1.66. The molecule has 0 bridgehead atoms. The molecule has 1 aliphatic rings. The Labute approximate surface area is 230 Å². The summed E-state index contributed by atoms with van der Waals surface area (Å²) >= 11 is 0. The smallest absolute Gasteiger partial charge is 0.229 e. The monoisotopic (exact) mass is 563 g/mol. The molecule has 6 rings (SSSR count). The average Bonchev–Trinajstić information content (AvgIpc) is 3.55. The number of likely N-dealkylation sites (tertiary alicyclic amines) is 1. The van der Waals surface area contributed by atoms with Crippen molar-refractivity contribution in [2.45, 2.75) is 18.9 Å². The number of nitrogens with one attached hydrogen (secondary N) is 1. The van der Waals surface area contributed by atoms with Crippen LogP contribution in [0.1, 0.15) is 18.9 Å². The van der Waals surface area contributed by atoms with Crippen molar-refractivity contribution in [3.8, 4) is 33.5 Å². The molecule has 4 aromatic heterocycles. The molecule has 1 saturated heterocycles. The van der Waals surface area contributed by atoms with Crippen LogP contribution in [-0.4, -0.2) is 64.1 Å². The third kappa shape index (κ3) is 5.32. The Morgan fingerprint density at radius 1 is 0.900 bits per heavy atom. The maximum atomic E-state index is 14.6. The molecule has 0 saturated carbocycles. The second-order valence-electron chi connectivity index (χ2n) is 10.2. The van der Waals surface area contributed by atoms with E-state index in [1.807, 2.05) is 29.2 Å². The summed E-state index contributed by atoms with van der Waals surface area (Å²) < 4.78 is 58.3. The fourth-order valence-corrected chi connectivity index (χ4v) is 5.69. The number of sulfonamides is 1. The van der Waals surface area contributed by atoms with E-state index in [9.17, 15) is 17.2 Å². The highest BCUT2D eigenvalue weighted by Gasteiger charge is 2.20. The number of rotatable bonds is 6.